The summed E-state index contributed by atoms with van der Waals surface area (Å²) < 4.78 is 0.607. The lowest BCUT2D eigenvalue weighted by molar-refractivity contribution is 0.238. The summed E-state index contributed by atoms with van der Waals surface area (Å²) in [5.74, 6) is 1.33. The minimum absolute atomic E-state index is 0.100. The molecule has 0 radical (unpaired) electrons. The Bertz CT molecular complexity index is 457. The van der Waals surface area contributed by atoms with Crippen LogP contribution < -0.4 is 10.9 Å². The van der Waals surface area contributed by atoms with Crippen LogP contribution in [0.3, 0.4) is 0 Å². The Balaban J connectivity index is 2.05. The molecule has 0 unspecified atom stereocenters. The number of aromatic amines is 1. The van der Waals surface area contributed by atoms with Crippen molar-refractivity contribution in [2.24, 2.45) is 5.41 Å². The lowest BCUT2D eigenvalue weighted by atomic mass is 9.75. The molecule has 1 saturated carbocycles. The maximum atomic E-state index is 11.5. The molecule has 0 atom stereocenters. The Morgan fingerprint density at radius 2 is 2.17 bits per heavy atom. The number of nitrogens with zero attached hydrogens (tertiary/aromatic N) is 1. The lowest BCUT2D eigenvalue weighted by Crippen LogP contribution is -2.34. The van der Waals surface area contributed by atoms with Crippen molar-refractivity contribution < 1.29 is 0 Å². The summed E-state index contributed by atoms with van der Waals surface area (Å²) in [6.07, 6.45) is 7.54. The molecule has 0 aromatic carbocycles. The summed E-state index contributed by atoms with van der Waals surface area (Å²) in [4.78, 5) is 18.2. The Morgan fingerprint density at radius 1 is 1.44 bits per heavy atom. The van der Waals surface area contributed by atoms with Crippen molar-refractivity contribution in [1.29, 1.82) is 0 Å². The summed E-state index contributed by atoms with van der Waals surface area (Å²) >= 11 is 8.16. The molecule has 1 aromatic heterocycles. The van der Waals surface area contributed by atoms with Crippen LogP contribution in [0.5, 0.6) is 0 Å². The van der Waals surface area contributed by atoms with Gasteiger partial charge < -0.3 is 10.3 Å². The molecule has 2 N–H and O–H groups in total. The van der Waals surface area contributed by atoms with Crippen molar-refractivity contribution >= 4 is 40.0 Å². The first-order chi connectivity index (χ1) is 8.67. The molecular formula is C12H17ClIN3O. The average Bonchev–Trinajstić information content (AvgIpc) is 2.41. The van der Waals surface area contributed by atoms with E-state index in [2.05, 4.69) is 15.3 Å². The molecule has 100 valence electrons. The maximum absolute atomic E-state index is 11.5. The summed E-state index contributed by atoms with van der Waals surface area (Å²) in [6.45, 7) is 0.795. The summed E-state index contributed by atoms with van der Waals surface area (Å²) in [6, 6.07) is 0. The smallest absolute Gasteiger partial charge is 0.266 e. The van der Waals surface area contributed by atoms with Gasteiger partial charge in [-0.15, -0.1) is 11.6 Å². The number of hydrogen-bond acceptors (Lipinski definition) is 3. The standard InChI is InChI=1S/C12H17ClIN3O/c13-6-12(4-2-1-3-5-12)7-15-10-9(14)11(18)17-8-16-10/h8H,1-7H2,(H2,15,16,17,18). The Morgan fingerprint density at radius 3 is 2.83 bits per heavy atom. The van der Waals surface area contributed by atoms with Crippen LogP contribution in [-0.4, -0.2) is 22.4 Å². The van der Waals surface area contributed by atoms with Crippen LogP contribution in [0.15, 0.2) is 11.1 Å². The molecule has 0 bridgehead atoms. The fourth-order valence-electron chi connectivity index (χ4n) is 2.44. The second kappa shape index (κ2) is 6.23. The van der Waals surface area contributed by atoms with Crippen molar-refractivity contribution in [2.45, 2.75) is 32.1 Å². The molecular weight excluding hydrogens is 365 g/mol. The highest BCUT2D eigenvalue weighted by Gasteiger charge is 2.31. The normalized spacial score (nSPS) is 18.6. The van der Waals surface area contributed by atoms with Crippen LogP contribution in [-0.2, 0) is 0 Å². The fraction of sp³-hybridized carbons (Fsp3) is 0.667. The van der Waals surface area contributed by atoms with Crippen LogP contribution in [0.1, 0.15) is 32.1 Å². The number of alkyl halides is 1. The van der Waals surface area contributed by atoms with Crippen molar-refractivity contribution in [3.8, 4) is 0 Å². The number of aromatic nitrogens is 2. The van der Waals surface area contributed by atoms with Crippen LogP contribution in [0.25, 0.3) is 0 Å². The van der Waals surface area contributed by atoms with Crippen LogP contribution in [0, 0.1) is 8.99 Å². The van der Waals surface area contributed by atoms with Gasteiger partial charge in [-0.2, -0.15) is 0 Å². The van der Waals surface area contributed by atoms with Gasteiger partial charge in [0.15, 0.2) is 0 Å². The SMILES string of the molecule is O=c1[nH]cnc(NCC2(CCl)CCCCC2)c1I. The zero-order chi connectivity index (χ0) is 13.0. The zero-order valence-electron chi connectivity index (χ0n) is 10.1. The summed E-state index contributed by atoms with van der Waals surface area (Å²) in [7, 11) is 0. The first-order valence-electron chi connectivity index (χ1n) is 6.20. The molecule has 0 amide bonds. The maximum Gasteiger partial charge on any atom is 0.266 e. The van der Waals surface area contributed by atoms with Gasteiger partial charge in [0.1, 0.15) is 9.39 Å². The second-order valence-corrected chi connectivity index (χ2v) is 6.29. The molecule has 4 nitrogen and oxygen atoms in total. The number of hydrogen-bond donors (Lipinski definition) is 2. The van der Waals surface area contributed by atoms with E-state index in [1.165, 1.54) is 25.6 Å². The van der Waals surface area contributed by atoms with Crippen LogP contribution in [0.2, 0.25) is 0 Å². The van der Waals surface area contributed by atoms with Gasteiger partial charge in [-0.3, -0.25) is 4.79 Å². The zero-order valence-corrected chi connectivity index (χ0v) is 13.1. The highest BCUT2D eigenvalue weighted by molar-refractivity contribution is 14.1. The van der Waals surface area contributed by atoms with Gasteiger partial charge in [-0.1, -0.05) is 19.3 Å². The van der Waals surface area contributed by atoms with E-state index in [9.17, 15) is 4.79 Å². The van der Waals surface area contributed by atoms with E-state index in [4.69, 9.17) is 11.6 Å². The Kier molecular flexibility index (Phi) is 4.89. The van der Waals surface area contributed by atoms with Gasteiger partial charge >= 0.3 is 0 Å². The van der Waals surface area contributed by atoms with Gasteiger partial charge in [0, 0.05) is 17.8 Å². The highest BCUT2D eigenvalue weighted by atomic mass is 127. The molecule has 6 heteroatoms. The third kappa shape index (κ3) is 3.17. The number of nitrogens with one attached hydrogen (secondary N) is 2. The van der Waals surface area contributed by atoms with E-state index < -0.39 is 0 Å². The third-order valence-corrected chi connectivity index (χ3v) is 5.19. The molecule has 18 heavy (non-hydrogen) atoms. The minimum atomic E-state index is -0.100. The van der Waals surface area contributed by atoms with Crippen LogP contribution in [0.4, 0.5) is 5.82 Å². The van der Waals surface area contributed by atoms with Crippen molar-refractivity contribution in [1.82, 2.24) is 9.97 Å². The monoisotopic (exact) mass is 381 g/mol. The molecule has 2 rings (SSSR count). The largest absolute Gasteiger partial charge is 0.368 e. The molecule has 1 aliphatic rings. The predicted molar refractivity (Wildman–Crippen MR) is 82.3 cm³/mol. The van der Waals surface area contributed by atoms with E-state index in [0.29, 0.717) is 15.3 Å². The van der Waals surface area contributed by atoms with Gasteiger partial charge in [-0.05, 0) is 35.4 Å². The predicted octanol–water partition coefficient (Wildman–Crippen LogP) is 2.98. The summed E-state index contributed by atoms with van der Waals surface area (Å²) in [5, 5.41) is 3.29. The number of halogens is 2. The topological polar surface area (TPSA) is 57.8 Å². The number of H-pyrrole nitrogens is 1. The average molecular weight is 382 g/mol. The van der Waals surface area contributed by atoms with Crippen molar-refractivity contribution in [3.05, 3.63) is 20.3 Å². The Labute approximate surface area is 125 Å². The molecule has 0 saturated heterocycles. The highest BCUT2D eigenvalue weighted by Crippen LogP contribution is 2.37. The van der Waals surface area contributed by atoms with Crippen LogP contribution >= 0.6 is 34.2 Å². The van der Waals surface area contributed by atoms with Crippen molar-refractivity contribution in [3.63, 3.8) is 0 Å². The van der Waals surface area contributed by atoms with Gasteiger partial charge in [0.05, 0.1) is 6.33 Å². The van der Waals surface area contributed by atoms with E-state index in [1.807, 2.05) is 22.6 Å². The minimum Gasteiger partial charge on any atom is -0.368 e. The van der Waals surface area contributed by atoms with Crippen molar-refractivity contribution in [2.75, 3.05) is 17.7 Å². The van der Waals surface area contributed by atoms with E-state index >= 15 is 0 Å². The second-order valence-electron chi connectivity index (χ2n) is 4.94. The third-order valence-electron chi connectivity index (χ3n) is 3.63. The number of anilines is 1. The first-order valence-corrected chi connectivity index (χ1v) is 7.81. The molecule has 0 spiro atoms. The van der Waals surface area contributed by atoms with E-state index in [0.717, 1.165) is 19.4 Å². The van der Waals surface area contributed by atoms with E-state index in [1.54, 1.807) is 0 Å². The number of rotatable bonds is 4. The lowest BCUT2D eigenvalue weighted by Gasteiger charge is -2.35. The molecule has 1 heterocycles. The van der Waals surface area contributed by atoms with Gasteiger partial charge in [0.25, 0.3) is 5.56 Å². The summed E-state index contributed by atoms with van der Waals surface area (Å²) in [5.41, 5.74) is 0.0596. The van der Waals surface area contributed by atoms with Gasteiger partial charge in [0.2, 0.25) is 0 Å². The molecule has 0 aliphatic heterocycles. The fourth-order valence-corrected chi connectivity index (χ4v) is 3.28. The molecule has 1 fully saturated rings. The van der Waals surface area contributed by atoms with Gasteiger partial charge in [-0.25, -0.2) is 4.98 Å². The molecule has 1 aliphatic carbocycles. The van der Waals surface area contributed by atoms with E-state index in [-0.39, 0.29) is 11.0 Å². The first kappa shape index (κ1) is 14.1. The molecule has 1 aromatic rings. The quantitative estimate of drug-likeness (QED) is 0.623. The Hall–Kier alpha value is -0.300.